The van der Waals surface area contributed by atoms with Crippen LogP contribution in [0.2, 0.25) is 0 Å². The Kier molecular flexibility index (Phi) is 4.32. The Balaban J connectivity index is 1.96. The fraction of sp³-hybridized carbons (Fsp3) is 0.692. The summed E-state index contributed by atoms with van der Waals surface area (Å²) in [7, 11) is 0. The molecule has 0 radical (unpaired) electrons. The molecule has 1 aromatic rings. The highest BCUT2D eigenvalue weighted by Crippen LogP contribution is 2.25. The Bertz CT molecular complexity index is 430. The highest BCUT2D eigenvalue weighted by molar-refractivity contribution is 8.13. The van der Waals surface area contributed by atoms with E-state index in [0.717, 1.165) is 29.5 Å². The summed E-state index contributed by atoms with van der Waals surface area (Å²) in [6.07, 6.45) is 4.97. The molecule has 0 aromatic carbocycles. The van der Waals surface area contributed by atoms with Gasteiger partial charge in [-0.1, -0.05) is 25.6 Å². The molecule has 2 heterocycles. The quantitative estimate of drug-likeness (QED) is 0.911. The normalized spacial score (nSPS) is 26.3. The molecule has 0 spiro atoms. The second-order valence-corrected chi connectivity index (χ2v) is 5.92. The van der Waals surface area contributed by atoms with E-state index in [1.54, 1.807) is 18.0 Å². The number of rotatable bonds is 4. The van der Waals surface area contributed by atoms with Crippen LogP contribution >= 0.6 is 11.8 Å². The van der Waals surface area contributed by atoms with Crippen molar-refractivity contribution in [3.63, 3.8) is 0 Å². The van der Waals surface area contributed by atoms with Crippen molar-refractivity contribution < 1.29 is 4.42 Å². The Morgan fingerprint density at radius 1 is 1.56 bits per heavy atom. The lowest BCUT2D eigenvalue weighted by molar-refractivity contribution is 0.389. The molecular weight excluding hydrogens is 246 g/mol. The van der Waals surface area contributed by atoms with Crippen LogP contribution in [0.3, 0.4) is 0 Å². The summed E-state index contributed by atoms with van der Waals surface area (Å²) in [5, 5.41) is 4.53. The van der Waals surface area contributed by atoms with Crippen LogP contribution in [-0.2, 0) is 13.0 Å². The van der Waals surface area contributed by atoms with Gasteiger partial charge in [-0.15, -0.1) is 0 Å². The second-order valence-electron chi connectivity index (χ2n) is 4.83. The third-order valence-electron chi connectivity index (χ3n) is 3.39. The predicted molar refractivity (Wildman–Crippen MR) is 75.9 cm³/mol. The SMILES string of the molecule is CCc1cnc(CN=C2NC(C)(CC)CCS2)o1. The summed E-state index contributed by atoms with van der Waals surface area (Å²) in [4.78, 5) is 8.77. The van der Waals surface area contributed by atoms with E-state index in [0.29, 0.717) is 12.4 Å². The Morgan fingerprint density at radius 2 is 2.39 bits per heavy atom. The van der Waals surface area contributed by atoms with E-state index < -0.39 is 0 Å². The second kappa shape index (κ2) is 5.78. The fourth-order valence-corrected chi connectivity index (χ4v) is 3.02. The van der Waals surface area contributed by atoms with Crippen LogP contribution in [0.4, 0.5) is 0 Å². The van der Waals surface area contributed by atoms with Gasteiger partial charge in [-0.05, 0) is 19.8 Å². The maximum atomic E-state index is 5.55. The summed E-state index contributed by atoms with van der Waals surface area (Å²) < 4.78 is 5.55. The molecule has 1 aromatic heterocycles. The summed E-state index contributed by atoms with van der Waals surface area (Å²) in [6.45, 7) is 7.04. The van der Waals surface area contributed by atoms with E-state index in [9.17, 15) is 0 Å². The van der Waals surface area contributed by atoms with Crippen molar-refractivity contribution in [2.45, 2.75) is 52.1 Å². The summed E-state index contributed by atoms with van der Waals surface area (Å²) in [6, 6.07) is 0. The molecule has 1 unspecified atom stereocenters. The van der Waals surface area contributed by atoms with E-state index in [1.807, 2.05) is 0 Å². The maximum Gasteiger partial charge on any atom is 0.216 e. The van der Waals surface area contributed by atoms with Gasteiger partial charge in [-0.25, -0.2) is 4.98 Å². The number of hydrogen-bond acceptors (Lipinski definition) is 4. The zero-order chi connectivity index (χ0) is 13.0. The van der Waals surface area contributed by atoms with E-state index in [1.165, 1.54) is 6.42 Å². The van der Waals surface area contributed by atoms with Gasteiger partial charge in [0.1, 0.15) is 12.3 Å². The van der Waals surface area contributed by atoms with Crippen molar-refractivity contribution in [1.82, 2.24) is 10.3 Å². The lowest BCUT2D eigenvalue weighted by atomic mass is 9.96. The summed E-state index contributed by atoms with van der Waals surface area (Å²) >= 11 is 1.78. The number of oxazole rings is 1. The highest BCUT2D eigenvalue weighted by atomic mass is 32.2. The monoisotopic (exact) mass is 267 g/mol. The van der Waals surface area contributed by atoms with Crippen molar-refractivity contribution in [3.8, 4) is 0 Å². The molecule has 4 nitrogen and oxygen atoms in total. The number of aryl methyl sites for hydroxylation is 1. The van der Waals surface area contributed by atoms with Crippen molar-refractivity contribution in [3.05, 3.63) is 17.8 Å². The third kappa shape index (κ3) is 3.28. The molecule has 1 aliphatic rings. The van der Waals surface area contributed by atoms with Crippen LogP contribution in [0.5, 0.6) is 0 Å². The zero-order valence-corrected chi connectivity index (χ0v) is 12.1. The fourth-order valence-electron chi connectivity index (χ4n) is 1.80. The number of aromatic nitrogens is 1. The standard InChI is InChI=1S/C13H21N3OS/c1-4-10-8-14-11(17-10)9-15-12-16-13(3,5-2)6-7-18-12/h8H,4-7,9H2,1-3H3,(H,15,16). The molecule has 18 heavy (non-hydrogen) atoms. The minimum Gasteiger partial charge on any atom is -0.444 e. The Hall–Kier alpha value is -0.970. The average Bonchev–Trinajstić information content (AvgIpc) is 2.85. The van der Waals surface area contributed by atoms with Crippen LogP contribution < -0.4 is 5.32 Å². The molecule has 1 aliphatic heterocycles. The topological polar surface area (TPSA) is 50.4 Å². The van der Waals surface area contributed by atoms with E-state index in [2.05, 4.69) is 36.1 Å². The number of thioether (sulfide) groups is 1. The summed E-state index contributed by atoms with van der Waals surface area (Å²) in [5.41, 5.74) is 0.190. The molecule has 100 valence electrons. The largest absolute Gasteiger partial charge is 0.444 e. The minimum absolute atomic E-state index is 0.190. The predicted octanol–water partition coefficient (Wildman–Crippen LogP) is 2.99. The Labute approximate surface area is 113 Å². The van der Waals surface area contributed by atoms with Crippen LogP contribution in [0.15, 0.2) is 15.6 Å². The van der Waals surface area contributed by atoms with E-state index in [-0.39, 0.29) is 5.54 Å². The van der Waals surface area contributed by atoms with Crippen molar-refractivity contribution >= 4 is 16.9 Å². The molecule has 0 aliphatic carbocycles. The molecule has 1 fully saturated rings. The molecule has 1 N–H and O–H groups in total. The van der Waals surface area contributed by atoms with Gasteiger partial charge in [0.25, 0.3) is 0 Å². The number of hydrogen-bond donors (Lipinski definition) is 1. The number of nitrogens with zero attached hydrogens (tertiary/aromatic N) is 2. The highest BCUT2D eigenvalue weighted by Gasteiger charge is 2.27. The minimum atomic E-state index is 0.190. The van der Waals surface area contributed by atoms with Gasteiger partial charge in [0.05, 0.1) is 6.20 Å². The number of amidine groups is 1. The number of aliphatic imine (C=N–C) groups is 1. The van der Waals surface area contributed by atoms with Gasteiger partial charge in [-0.2, -0.15) is 0 Å². The first-order valence-corrected chi connectivity index (χ1v) is 7.53. The van der Waals surface area contributed by atoms with Crippen LogP contribution in [0.25, 0.3) is 0 Å². The van der Waals surface area contributed by atoms with Crippen LogP contribution in [0.1, 0.15) is 45.3 Å². The lowest BCUT2D eigenvalue weighted by Crippen LogP contribution is -2.48. The average molecular weight is 267 g/mol. The van der Waals surface area contributed by atoms with Gasteiger partial charge in [0.2, 0.25) is 5.89 Å². The van der Waals surface area contributed by atoms with Crippen LogP contribution in [0, 0.1) is 0 Å². The zero-order valence-electron chi connectivity index (χ0n) is 11.3. The molecule has 0 amide bonds. The summed E-state index contributed by atoms with van der Waals surface area (Å²) in [5.74, 6) is 2.75. The van der Waals surface area contributed by atoms with Gasteiger partial charge in [-0.3, -0.25) is 4.99 Å². The van der Waals surface area contributed by atoms with Gasteiger partial charge < -0.3 is 9.73 Å². The van der Waals surface area contributed by atoms with Crippen molar-refractivity contribution in [2.24, 2.45) is 4.99 Å². The Morgan fingerprint density at radius 3 is 3.06 bits per heavy atom. The van der Waals surface area contributed by atoms with Crippen molar-refractivity contribution in [2.75, 3.05) is 5.75 Å². The molecule has 2 rings (SSSR count). The maximum absolute atomic E-state index is 5.55. The van der Waals surface area contributed by atoms with Crippen molar-refractivity contribution in [1.29, 1.82) is 0 Å². The van der Waals surface area contributed by atoms with E-state index >= 15 is 0 Å². The molecular formula is C13H21N3OS. The smallest absolute Gasteiger partial charge is 0.216 e. The first kappa shape index (κ1) is 13.5. The van der Waals surface area contributed by atoms with Gasteiger partial charge >= 0.3 is 0 Å². The molecule has 0 bridgehead atoms. The lowest BCUT2D eigenvalue weighted by Gasteiger charge is -2.35. The number of nitrogens with one attached hydrogen (secondary N) is 1. The van der Waals surface area contributed by atoms with Crippen LogP contribution in [-0.4, -0.2) is 21.4 Å². The molecule has 0 saturated carbocycles. The first-order valence-electron chi connectivity index (χ1n) is 6.54. The van der Waals surface area contributed by atoms with Gasteiger partial charge in [0.15, 0.2) is 5.17 Å². The van der Waals surface area contributed by atoms with E-state index in [4.69, 9.17) is 4.42 Å². The molecule has 1 saturated heterocycles. The molecule has 5 heteroatoms. The first-order chi connectivity index (χ1) is 8.65. The molecule has 1 atom stereocenters. The van der Waals surface area contributed by atoms with Gasteiger partial charge in [0, 0.05) is 17.7 Å². The third-order valence-corrected chi connectivity index (χ3v) is 4.30.